The van der Waals surface area contributed by atoms with E-state index >= 15 is 4.39 Å². The average Bonchev–Trinajstić information content (AvgIpc) is 2.94. The lowest BCUT2D eigenvalue weighted by Gasteiger charge is -2.40. The number of carbonyl (C=O) groups excluding carboxylic acids is 1. The molecule has 2 N–H and O–H groups in total. The quantitative estimate of drug-likeness (QED) is 0.130. The van der Waals surface area contributed by atoms with Crippen molar-refractivity contribution in [2.45, 2.75) is 44.7 Å². The molecule has 1 aliphatic rings. The van der Waals surface area contributed by atoms with Gasteiger partial charge in [-0.25, -0.2) is 23.0 Å². The number of likely N-dealkylation sites (tertiary alicyclic amines) is 1. The van der Waals surface area contributed by atoms with Crippen LogP contribution in [0.5, 0.6) is 5.75 Å². The number of carbonyl (C=O) groups is 1. The highest BCUT2D eigenvalue weighted by molar-refractivity contribution is 6.32. The van der Waals surface area contributed by atoms with Gasteiger partial charge in [0.25, 0.3) is 0 Å². The summed E-state index contributed by atoms with van der Waals surface area (Å²) < 4.78 is 61.8. The van der Waals surface area contributed by atoms with Crippen molar-refractivity contribution in [3.05, 3.63) is 70.1 Å². The van der Waals surface area contributed by atoms with E-state index in [9.17, 15) is 23.2 Å². The highest BCUT2D eigenvalue weighted by Gasteiger charge is 2.41. The number of halogens is 5. The van der Waals surface area contributed by atoms with Gasteiger partial charge in [-0.15, -0.1) is 0 Å². The van der Waals surface area contributed by atoms with Gasteiger partial charge < -0.3 is 9.64 Å². The number of alkyl halides is 1. The number of nitrogens with zero attached hydrogens (tertiary/aromatic N) is 2. The van der Waals surface area contributed by atoms with Crippen LogP contribution in [0.2, 0.25) is 5.02 Å². The van der Waals surface area contributed by atoms with Crippen LogP contribution in [0, 0.1) is 22.9 Å². The van der Waals surface area contributed by atoms with E-state index in [0.717, 1.165) is 6.07 Å². The molecule has 0 bridgehead atoms. The van der Waals surface area contributed by atoms with Crippen molar-refractivity contribution < 1.29 is 32.3 Å². The number of nitrogens with one attached hydrogen (secondary N) is 1. The summed E-state index contributed by atoms with van der Waals surface area (Å²) >= 11 is 6.34. The molecule has 2 aromatic carbocycles. The van der Waals surface area contributed by atoms with Crippen molar-refractivity contribution in [2.75, 3.05) is 26.7 Å². The molecule has 4 rings (SSSR count). The summed E-state index contributed by atoms with van der Waals surface area (Å²) in [5, 5.41) is 10.1. The van der Waals surface area contributed by atoms with Crippen molar-refractivity contribution in [3.63, 3.8) is 0 Å². The molecule has 210 valence electrons. The van der Waals surface area contributed by atoms with Crippen molar-refractivity contribution in [1.82, 2.24) is 15.4 Å². The predicted molar refractivity (Wildman–Crippen MR) is 139 cm³/mol. The van der Waals surface area contributed by atoms with E-state index < -0.39 is 34.9 Å². The Morgan fingerprint density at radius 1 is 1.23 bits per heavy atom. The minimum Gasteiger partial charge on any atom is -0.497 e. The Hall–Kier alpha value is -2.95. The van der Waals surface area contributed by atoms with Gasteiger partial charge in [0.15, 0.2) is 11.6 Å². The second-order valence-electron chi connectivity index (χ2n) is 9.94. The fourth-order valence-corrected chi connectivity index (χ4v) is 5.63. The Morgan fingerprint density at radius 3 is 2.67 bits per heavy atom. The molecule has 6 nitrogen and oxygen atoms in total. The minimum atomic E-state index is -1.49. The molecule has 11 heteroatoms. The molecule has 39 heavy (non-hydrogen) atoms. The number of pyridine rings is 1. The third kappa shape index (κ3) is 6.45. The van der Waals surface area contributed by atoms with Crippen LogP contribution in [-0.2, 0) is 11.2 Å². The van der Waals surface area contributed by atoms with Gasteiger partial charge in [0.2, 0.25) is 5.91 Å². The van der Waals surface area contributed by atoms with E-state index in [4.69, 9.17) is 16.3 Å². The number of piperidine rings is 1. The van der Waals surface area contributed by atoms with E-state index in [1.54, 1.807) is 23.7 Å². The highest BCUT2D eigenvalue weighted by atomic mass is 35.5. The Labute approximate surface area is 228 Å². The summed E-state index contributed by atoms with van der Waals surface area (Å²) in [5.41, 5.74) is 1.58. The molecule has 0 radical (unpaired) electrons. The number of aryl methyl sites for hydroxylation is 1. The van der Waals surface area contributed by atoms with Gasteiger partial charge in [-0.1, -0.05) is 11.6 Å². The van der Waals surface area contributed by atoms with Crippen LogP contribution >= 0.6 is 11.6 Å². The molecule has 0 aliphatic carbocycles. The maximum absolute atomic E-state index is 15.7. The Balaban J connectivity index is 1.40. The number of benzene rings is 2. The molecule has 1 fully saturated rings. The summed E-state index contributed by atoms with van der Waals surface area (Å²) in [4.78, 5) is 19.1. The molecular formula is C28H30ClF4N3O3. The van der Waals surface area contributed by atoms with Gasteiger partial charge in [0.1, 0.15) is 17.7 Å². The van der Waals surface area contributed by atoms with E-state index in [2.05, 4.69) is 9.88 Å². The third-order valence-corrected chi connectivity index (χ3v) is 7.94. The number of fused-ring (bicyclic) bond motifs is 1. The Bertz CT molecular complexity index is 1340. The first-order valence-corrected chi connectivity index (χ1v) is 13.1. The van der Waals surface area contributed by atoms with Gasteiger partial charge in [-0.2, -0.15) is 0 Å². The van der Waals surface area contributed by atoms with Gasteiger partial charge in [-0.3, -0.25) is 15.0 Å². The van der Waals surface area contributed by atoms with Crippen LogP contribution in [0.25, 0.3) is 10.9 Å². The molecule has 0 spiro atoms. The number of aromatic nitrogens is 1. The fourth-order valence-electron chi connectivity index (χ4n) is 5.36. The highest BCUT2D eigenvalue weighted by Crippen LogP contribution is 2.42. The van der Waals surface area contributed by atoms with Crippen molar-refractivity contribution in [1.29, 1.82) is 0 Å². The van der Waals surface area contributed by atoms with E-state index in [0.29, 0.717) is 61.6 Å². The van der Waals surface area contributed by atoms with Crippen LogP contribution in [0.3, 0.4) is 0 Å². The second-order valence-corrected chi connectivity index (χ2v) is 10.3. The number of ether oxygens (including phenoxy) is 1. The third-order valence-electron chi connectivity index (χ3n) is 7.64. The van der Waals surface area contributed by atoms with E-state index in [1.807, 2.05) is 0 Å². The molecule has 1 amide bonds. The van der Waals surface area contributed by atoms with Crippen molar-refractivity contribution in [3.8, 4) is 5.75 Å². The number of hydrogen-bond donors (Lipinski definition) is 2. The molecule has 1 aliphatic heterocycles. The van der Waals surface area contributed by atoms with Crippen LogP contribution in [0.1, 0.15) is 49.4 Å². The molecule has 0 unspecified atom stereocenters. The molecule has 2 heterocycles. The summed E-state index contributed by atoms with van der Waals surface area (Å²) in [5.74, 6) is -3.12. The molecule has 1 saturated heterocycles. The predicted octanol–water partition coefficient (Wildman–Crippen LogP) is 6.33. The molecule has 1 aromatic heterocycles. The fraction of sp³-hybridized carbons (Fsp3) is 0.429. The maximum atomic E-state index is 15.7. The summed E-state index contributed by atoms with van der Waals surface area (Å²) in [6, 6.07) is 6.62. The number of amides is 1. The number of rotatable bonds is 10. The van der Waals surface area contributed by atoms with E-state index in [-0.39, 0.29) is 35.4 Å². The topological polar surface area (TPSA) is 74.7 Å². The summed E-state index contributed by atoms with van der Waals surface area (Å²) in [6.07, 6.45) is 1.44. The van der Waals surface area contributed by atoms with Gasteiger partial charge in [-0.05, 0) is 88.0 Å². The Morgan fingerprint density at radius 2 is 1.97 bits per heavy atom. The number of hydrogen-bond acceptors (Lipinski definition) is 5. The zero-order valence-corrected chi connectivity index (χ0v) is 22.2. The lowest BCUT2D eigenvalue weighted by atomic mass is 9.73. The Kier molecular flexibility index (Phi) is 9.30. The van der Waals surface area contributed by atoms with Gasteiger partial charge in [0.05, 0.1) is 23.1 Å². The van der Waals surface area contributed by atoms with Crippen LogP contribution in [0.15, 0.2) is 36.5 Å². The zero-order valence-electron chi connectivity index (χ0n) is 21.5. The SMILES string of the molecule is COc1ccc2ncc(Cl)c([C@H](F)CCC3(C(=O)NO)CCN(CCCc4cc(F)cc(F)c4F)CC3)c2c1. The lowest BCUT2D eigenvalue weighted by Crippen LogP contribution is -2.48. The first-order chi connectivity index (χ1) is 18.7. The lowest BCUT2D eigenvalue weighted by molar-refractivity contribution is -0.143. The summed E-state index contributed by atoms with van der Waals surface area (Å²) in [7, 11) is 1.51. The first-order valence-electron chi connectivity index (χ1n) is 12.7. The molecule has 0 saturated carbocycles. The van der Waals surface area contributed by atoms with Crippen LogP contribution < -0.4 is 10.2 Å². The zero-order chi connectivity index (χ0) is 28.2. The van der Waals surface area contributed by atoms with Crippen molar-refractivity contribution in [2.24, 2.45) is 5.41 Å². The van der Waals surface area contributed by atoms with Crippen molar-refractivity contribution >= 4 is 28.4 Å². The van der Waals surface area contributed by atoms with Gasteiger partial charge in [0, 0.05) is 23.2 Å². The standard InChI is InChI=1S/C28H30ClF4N3O3/c1-39-19-4-5-24-20(15-19)25(21(29)16-34-24)22(31)6-7-28(27(37)35-38)8-11-36(12-9-28)10-2-3-17-13-18(30)14-23(32)26(17)33/h4-5,13-16,22,38H,2-3,6-12H2,1H3,(H,35,37)/t22-/m1/s1. The van der Waals surface area contributed by atoms with Crippen LogP contribution in [-0.4, -0.2) is 47.7 Å². The maximum Gasteiger partial charge on any atom is 0.249 e. The second kappa shape index (κ2) is 12.5. The molecule has 3 aromatic rings. The summed E-state index contributed by atoms with van der Waals surface area (Å²) in [6.45, 7) is 1.50. The normalized spacial score (nSPS) is 16.3. The molecule has 1 atom stereocenters. The van der Waals surface area contributed by atoms with Gasteiger partial charge >= 0.3 is 0 Å². The smallest absolute Gasteiger partial charge is 0.249 e. The molecular weight excluding hydrogens is 538 g/mol. The number of methoxy groups -OCH3 is 1. The minimum absolute atomic E-state index is 0.00608. The largest absolute Gasteiger partial charge is 0.497 e. The first kappa shape index (κ1) is 29.0. The monoisotopic (exact) mass is 567 g/mol. The van der Waals surface area contributed by atoms with E-state index in [1.165, 1.54) is 13.3 Å². The number of hydroxylamine groups is 1. The van der Waals surface area contributed by atoms with Crippen LogP contribution in [0.4, 0.5) is 17.6 Å². The average molecular weight is 568 g/mol.